The molecule has 1 fully saturated rings. The van der Waals surface area contributed by atoms with Crippen molar-refractivity contribution in [3.63, 3.8) is 0 Å². The number of nitrogens with zero attached hydrogens (tertiary/aromatic N) is 1. The summed E-state index contributed by atoms with van der Waals surface area (Å²) in [5.41, 5.74) is 3.06. The molecule has 1 N–H and O–H groups in total. The minimum Gasteiger partial charge on any atom is -0.489 e. The third-order valence-electron chi connectivity index (χ3n) is 7.00. The quantitative estimate of drug-likeness (QED) is 0.397. The summed E-state index contributed by atoms with van der Waals surface area (Å²) >= 11 is 0. The van der Waals surface area contributed by atoms with E-state index in [1.54, 1.807) is 0 Å². The van der Waals surface area contributed by atoms with Crippen molar-refractivity contribution in [2.24, 2.45) is 0 Å². The van der Waals surface area contributed by atoms with Crippen LogP contribution in [0.2, 0.25) is 0 Å². The third-order valence-corrected chi connectivity index (χ3v) is 8.29. The highest BCUT2D eigenvalue weighted by atomic mass is 32.2. The normalized spacial score (nSPS) is 19.8. The highest BCUT2D eigenvalue weighted by molar-refractivity contribution is 7.88. The van der Waals surface area contributed by atoms with Gasteiger partial charge in [0.2, 0.25) is 10.0 Å². The van der Waals surface area contributed by atoms with Gasteiger partial charge in [0.25, 0.3) is 0 Å². The maximum Gasteiger partial charge on any atom is 0.211 e. The van der Waals surface area contributed by atoms with Crippen LogP contribution in [0.3, 0.4) is 0 Å². The Morgan fingerprint density at radius 1 is 1.09 bits per heavy atom. The van der Waals surface area contributed by atoms with E-state index in [1.807, 2.05) is 36.4 Å². The van der Waals surface area contributed by atoms with E-state index in [0.717, 1.165) is 17.5 Å². The molecule has 0 bridgehead atoms. The molecule has 0 radical (unpaired) electrons. The van der Waals surface area contributed by atoms with E-state index < -0.39 is 22.2 Å². The first-order valence-corrected chi connectivity index (χ1v) is 14.4. The number of unbranched alkanes of at least 4 members (excludes halogenated alkanes) is 3. The van der Waals surface area contributed by atoms with Gasteiger partial charge in [-0.3, -0.25) is 0 Å². The van der Waals surface area contributed by atoms with E-state index in [2.05, 4.69) is 32.9 Å². The van der Waals surface area contributed by atoms with Crippen LogP contribution >= 0.6 is 0 Å². The fourth-order valence-corrected chi connectivity index (χ4v) is 5.93. The van der Waals surface area contributed by atoms with Crippen molar-refractivity contribution in [3.8, 4) is 5.75 Å². The lowest BCUT2D eigenvalue weighted by Crippen LogP contribution is -2.42. The lowest BCUT2D eigenvalue weighted by Gasteiger charge is -2.37. The predicted octanol–water partition coefficient (Wildman–Crippen LogP) is 5.97. The summed E-state index contributed by atoms with van der Waals surface area (Å²) in [7, 11) is -3.42. The number of hydrogen-bond acceptors (Lipinski definition) is 4. The van der Waals surface area contributed by atoms with Crippen molar-refractivity contribution in [1.29, 1.82) is 0 Å². The van der Waals surface area contributed by atoms with E-state index in [1.165, 1.54) is 41.8 Å². The van der Waals surface area contributed by atoms with Gasteiger partial charge in [-0.25, -0.2) is 8.42 Å². The highest BCUT2D eigenvalue weighted by Gasteiger charge is 2.36. The largest absolute Gasteiger partial charge is 0.489 e. The molecule has 0 saturated carbocycles. The molecular formula is C28H41NO4S. The Kier molecular flexibility index (Phi) is 9.19. The average molecular weight is 488 g/mol. The summed E-state index contributed by atoms with van der Waals surface area (Å²) < 4.78 is 33.0. The molecule has 0 aliphatic carbocycles. The summed E-state index contributed by atoms with van der Waals surface area (Å²) in [4.78, 5) is 0. The first kappa shape index (κ1) is 26.7. The molecular weight excluding hydrogens is 446 g/mol. The van der Waals surface area contributed by atoms with Crippen molar-refractivity contribution in [2.75, 3.05) is 12.8 Å². The van der Waals surface area contributed by atoms with E-state index >= 15 is 0 Å². The van der Waals surface area contributed by atoms with Gasteiger partial charge in [0.15, 0.2) is 0 Å². The van der Waals surface area contributed by atoms with Crippen molar-refractivity contribution >= 4 is 10.0 Å². The number of ether oxygens (including phenoxy) is 1. The molecule has 1 aliphatic rings. The second-order valence-corrected chi connectivity index (χ2v) is 12.2. The molecule has 0 aromatic heterocycles. The fourth-order valence-electron chi connectivity index (χ4n) is 4.83. The van der Waals surface area contributed by atoms with Gasteiger partial charge >= 0.3 is 0 Å². The Balaban J connectivity index is 1.95. The number of benzene rings is 2. The van der Waals surface area contributed by atoms with Gasteiger partial charge < -0.3 is 9.84 Å². The molecule has 1 saturated heterocycles. The van der Waals surface area contributed by atoms with Crippen LogP contribution in [0.5, 0.6) is 5.75 Å². The van der Waals surface area contributed by atoms with E-state index in [0.29, 0.717) is 31.7 Å². The molecule has 3 rings (SSSR count). The topological polar surface area (TPSA) is 66.8 Å². The van der Waals surface area contributed by atoms with Crippen molar-refractivity contribution in [2.45, 2.75) is 89.9 Å². The van der Waals surface area contributed by atoms with Crippen LogP contribution in [0.4, 0.5) is 0 Å². The SMILES string of the molecule is CCCCCCC(C)(C)c1ccc([C@@H]2C[C@H](O)CCN2S(C)(=O)=O)c(OCc2ccccc2)c1. The summed E-state index contributed by atoms with van der Waals surface area (Å²) in [5, 5.41) is 10.4. The Labute approximate surface area is 206 Å². The monoisotopic (exact) mass is 487 g/mol. The molecule has 0 amide bonds. The van der Waals surface area contributed by atoms with E-state index in [4.69, 9.17) is 4.74 Å². The highest BCUT2D eigenvalue weighted by Crippen LogP contribution is 2.41. The van der Waals surface area contributed by atoms with Crippen LogP contribution in [0, 0.1) is 0 Å². The first-order valence-electron chi connectivity index (χ1n) is 12.6. The number of hydrogen-bond donors (Lipinski definition) is 1. The average Bonchev–Trinajstić information content (AvgIpc) is 2.80. The molecule has 34 heavy (non-hydrogen) atoms. The van der Waals surface area contributed by atoms with Crippen LogP contribution in [0.15, 0.2) is 48.5 Å². The fraction of sp³-hybridized carbons (Fsp3) is 0.571. The minimum absolute atomic E-state index is 0.0142. The lowest BCUT2D eigenvalue weighted by atomic mass is 9.79. The number of aliphatic hydroxyl groups is 1. The van der Waals surface area contributed by atoms with Gasteiger partial charge in [0, 0.05) is 12.1 Å². The Morgan fingerprint density at radius 3 is 2.50 bits per heavy atom. The van der Waals surface area contributed by atoms with Gasteiger partial charge in [-0.2, -0.15) is 4.31 Å². The summed E-state index contributed by atoms with van der Waals surface area (Å²) in [6, 6.07) is 15.8. The summed E-state index contributed by atoms with van der Waals surface area (Å²) in [6.45, 7) is 7.47. The van der Waals surface area contributed by atoms with Crippen LogP contribution in [0.1, 0.15) is 88.4 Å². The standard InChI is InChI=1S/C28H41NO4S/c1-5-6-7-11-17-28(2,3)23-14-15-25(26-20-24(30)16-18-29(26)34(4,31)32)27(19-23)33-21-22-12-9-8-10-13-22/h8-10,12-15,19,24,26,30H,5-7,11,16-18,20-21H2,1-4H3/t24-,26+/m1/s1. The zero-order valence-electron chi connectivity index (χ0n) is 21.2. The molecule has 6 heteroatoms. The van der Waals surface area contributed by atoms with Crippen LogP contribution in [-0.4, -0.2) is 36.7 Å². The minimum atomic E-state index is -3.42. The van der Waals surface area contributed by atoms with Crippen molar-refractivity contribution in [1.82, 2.24) is 4.31 Å². The lowest BCUT2D eigenvalue weighted by molar-refractivity contribution is 0.0799. The van der Waals surface area contributed by atoms with Gasteiger partial charge in [-0.1, -0.05) is 88.9 Å². The zero-order valence-corrected chi connectivity index (χ0v) is 22.0. The maximum atomic E-state index is 12.6. The predicted molar refractivity (Wildman–Crippen MR) is 139 cm³/mol. The molecule has 0 spiro atoms. The number of rotatable bonds is 11. The van der Waals surface area contributed by atoms with Crippen molar-refractivity contribution in [3.05, 3.63) is 65.2 Å². The third kappa shape index (κ3) is 7.06. The maximum absolute atomic E-state index is 12.6. The number of piperidine rings is 1. The molecule has 5 nitrogen and oxygen atoms in total. The molecule has 2 aromatic rings. The van der Waals surface area contributed by atoms with Crippen molar-refractivity contribution < 1.29 is 18.3 Å². The summed E-state index contributed by atoms with van der Waals surface area (Å²) in [6.07, 6.45) is 7.51. The van der Waals surface area contributed by atoms with Gasteiger partial charge in [0.05, 0.1) is 18.4 Å². The van der Waals surface area contributed by atoms with Gasteiger partial charge in [0.1, 0.15) is 12.4 Å². The Bertz CT molecular complexity index is 1020. The molecule has 2 atom stereocenters. The second kappa shape index (κ2) is 11.7. The molecule has 0 unspecified atom stereocenters. The molecule has 2 aromatic carbocycles. The first-order chi connectivity index (χ1) is 16.1. The number of aliphatic hydroxyl groups excluding tert-OH is 1. The van der Waals surface area contributed by atoms with Gasteiger partial charge in [-0.05, 0) is 41.9 Å². The Morgan fingerprint density at radius 2 is 1.82 bits per heavy atom. The summed E-state index contributed by atoms with van der Waals surface area (Å²) in [5.74, 6) is 0.704. The molecule has 1 heterocycles. The number of sulfonamides is 1. The Hall–Kier alpha value is -1.89. The zero-order chi connectivity index (χ0) is 24.8. The van der Waals surface area contributed by atoms with Gasteiger partial charge in [-0.15, -0.1) is 0 Å². The van der Waals surface area contributed by atoms with E-state index in [9.17, 15) is 13.5 Å². The molecule has 188 valence electrons. The van der Waals surface area contributed by atoms with Crippen LogP contribution in [-0.2, 0) is 22.0 Å². The molecule has 1 aliphatic heterocycles. The van der Waals surface area contributed by atoms with Crippen LogP contribution in [0.25, 0.3) is 0 Å². The second-order valence-electron chi connectivity index (χ2n) is 10.3. The van der Waals surface area contributed by atoms with E-state index in [-0.39, 0.29) is 5.41 Å². The van der Waals surface area contributed by atoms with Crippen LogP contribution < -0.4 is 4.74 Å². The smallest absolute Gasteiger partial charge is 0.211 e.